The third kappa shape index (κ3) is 3.46. The number of likely N-dealkylation sites (tertiary alicyclic amines) is 1. The maximum atomic E-state index is 5.55. The molecule has 0 aromatic rings. The summed E-state index contributed by atoms with van der Waals surface area (Å²) in [7, 11) is 0. The van der Waals surface area contributed by atoms with Crippen molar-refractivity contribution in [3.8, 4) is 0 Å². The molecule has 0 spiro atoms. The second-order valence-corrected chi connectivity index (χ2v) is 6.95. The van der Waals surface area contributed by atoms with Crippen molar-refractivity contribution in [1.82, 2.24) is 4.90 Å². The molecular formula is C14H30N2. The Morgan fingerprint density at radius 1 is 1.25 bits per heavy atom. The average molecular weight is 226 g/mol. The molecule has 2 N–H and O–H groups in total. The van der Waals surface area contributed by atoms with E-state index >= 15 is 0 Å². The normalized spacial score (nSPS) is 26.2. The lowest BCUT2D eigenvalue weighted by Gasteiger charge is -2.42. The Labute approximate surface area is 102 Å². The van der Waals surface area contributed by atoms with Crippen LogP contribution in [0.1, 0.15) is 60.3 Å². The van der Waals surface area contributed by atoms with Gasteiger partial charge in [0.15, 0.2) is 0 Å². The summed E-state index contributed by atoms with van der Waals surface area (Å²) in [6, 6.07) is 0. The van der Waals surface area contributed by atoms with E-state index in [1.54, 1.807) is 0 Å². The van der Waals surface area contributed by atoms with Crippen molar-refractivity contribution in [2.45, 2.75) is 71.4 Å². The standard InChI is InChI=1S/C14H30N2/c1-13(2,3)16-11-12(8-6-7-9-15)10-14(16,4)5/h12H,6-11,15H2,1-5H3. The Morgan fingerprint density at radius 3 is 2.31 bits per heavy atom. The quantitative estimate of drug-likeness (QED) is 0.747. The molecule has 0 aliphatic carbocycles. The van der Waals surface area contributed by atoms with Crippen LogP contribution in [0.5, 0.6) is 0 Å². The fourth-order valence-corrected chi connectivity index (χ4v) is 3.34. The molecule has 96 valence electrons. The number of unbranched alkanes of at least 4 members (excludes halogenated alkanes) is 1. The van der Waals surface area contributed by atoms with Gasteiger partial charge in [-0.1, -0.05) is 6.42 Å². The van der Waals surface area contributed by atoms with Crippen molar-refractivity contribution in [3.05, 3.63) is 0 Å². The largest absolute Gasteiger partial charge is 0.330 e. The van der Waals surface area contributed by atoms with E-state index in [2.05, 4.69) is 39.5 Å². The second kappa shape index (κ2) is 5.05. The van der Waals surface area contributed by atoms with Crippen molar-refractivity contribution in [1.29, 1.82) is 0 Å². The van der Waals surface area contributed by atoms with Crippen molar-refractivity contribution in [2.24, 2.45) is 11.7 Å². The van der Waals surface area contributed by atoms with Crippen LogP contribution in [0.2, 0.25) is 0 Å². The fourth-order valence-electron chi connectivity index (χ4n) is 3.34. The molecule has 0 saturated carbocycles. The van der Waals surface area contributed by atoms with Gasteiger partial charge in [-0.25, -0.2) is 0 Å². The van der Waals surface area contributed by atoms with Gasteiger partial charge in [0.05, 0.1) is 0 Å². The van der Waals surface area contributed by atoms with Gasteiger partial charge >= 0.3 is 0 Å². The summed E-state index contributed by atoms with van der Waals surface area (Å²) in [6.45, 7) is 13.9. The van der Waals surface area contributed by atoms with Gasteiger partial charge in [0.1, 0.15) is 0 Å². The van der Waals surface area contributed by atoms with E-state index in [9.17, 15) is 0 Å². The third-order valence-electron chi connectivity index (χ3n) is 3.84. The molecule has 1 fully saturated rings. The molecule has 1 rings (SSSR count). The predicted molar refractivity (Wildman–Crippen MR) is 71.6 cm³/mol. The van der Waals surface area contributed by atoms with Gasteiger partial charge in [0.25, 0.3) is 0 Å². The van der Waals surface area contributed by atoms with E-state index < -0.39 is 0 Å². The third-order valence-corrected chi connectivity index (χ3v) is 3.84. The summed E-state index contributed by atoms with van der Waals surface area (Å²) < 4.78 is 0. The smallest absolute Gasteiger partial charge is 0.0161 e. The summed E-state index contributed by atoms with van der Waals surface area (Å²) in [4.78, 5) is 2.67. The zero-order valence-corrected chi connectivity index (χ0v) is 11.8. The highest BCUT2D eigenvalue weighted by molar-refractivity contribution is 4.98. The van der Waals surface area contributed by atoms with Gasteiger partial charge in [-0.2, -0.15) is 0 Å². The maximum Gasteiger partial charge on any atom is 0.0161 e. The van der Waals surface area contributed by atoms with Crippen LogP contribution in [0.15, 0.2) is 0 Å². The minimum Gasteiger partial charge on any atom is -0.330 e. The molecule has 1 atom stereocenters. The molecule has 1 aliphatic heterocycles. The number of hydrogen-bond donors (Lipinski definition) is 1. The van der Waals surface area contributed by atoms with Crippen molar-refractivity contribution < 1.29 is 0 Å². The van der Waals surface area contributed by atoms with Gasteiger partial charge in [-0.15, -0.1) is 0 Å². The Bertz CT molecular complexity index is 215. The van der Waals surface area contributed by atoms with Crippen LogP contribution < -0.4 is 5.73 Å². The number of hydrogen-bond acceptors (Lipinski definition) is 2. The van der Waals surface area contributed by atoms with Crippen molar-refractivity contribution in [2.75, 3.05) is 13.1 Å². The van der Waals surface area contributed by atoms with E-state index in [-0.39, 0.29) is 0 Å². The lowest BCUT2D eigenvalue weighted by atomic mass is 9.92. The zero-order valence-electron chi connectivity index (χ0n) is 11.8. The van der Waals surface area contributed by atoms with E-state index in [1.165, 1.54) is 32.2 Å². The first kappa shape index (κ1) is 14.0. The van der Waals surface area contributed by atoms with Crippen LogP contribution in [0.25, 0.3) is 0 Å². The van der Waals surface area contributed by atoms with Crippen LogP contribution in [0.3, 0.4) is 0 Å². The Balaban J connectivity index is 2.51. The lowest BCUT2D eigenvalue weighted by Crippen LogP contribution is -2.50. The van der Waals surface area contributed by atoms with Gasteiger partial charge in [0, 0.05) is 17.6 Å². The highest BCUT2D eigenvalue weighted by Gasteiger charge is 2.42. The summed E-state index contributed by atoms with van der Waals surface area (Å²) >= 11 is 0. The Kier molecular flexibility index (Phi) is 4.42. The summed E-state index contributed by atoms with van der Waals surface area (Å²) in [5.41, 5.74) is 6.22. The van der Waals surface area contributed by atoms with E-state index in [1.807, 2.05) is 0 Å². The van der Waals surface area contributed by atoms with Crippen molar-refractivity contribution in [3.63, 3.8) is 0 Å². The molecule has 1 aliphatic rings. The van der Waals surface area contributed by atoms with Crippen LogP contribution in [-0.4, -0.2) is 29.1 Å². The summed E-state index contributed by atoms with van der Waals surface area (Å²) in [5, 5.41) is 0. The topological polar surface area (TPSA) is 29.3 Å². The highest BCUT2D eigenvalue weighted by atomic mass is 15.3. The molecule has 1 heterocycles. The van der Waals surface area contributed by atoms with Gasteiger partial charge in [-0.3, -0.25) is 4.90 Å². The molecule has 0 radical (unpaired) electrons. The molecular weight excluding hydrogens is 196 g/mol. The van der Waals surface area contributed by atoms with Gasteiger partial charge in [-0.05, 0) is 66.3 Å². The van der Waals surface area contributed by atoms with E-state index in [0.717, 1.165) is 12.5 Å². The average Bonchev–Trinajstić information content (AvgIpc) is 2.41. The van der Waals surface area contributed by atoms with Gasteiger partial charge in [0.2, 0.25) is 0 Å². The SMILES string of the molecule is CC(C)(C)N1CC(CCCCN)CC1(C)C. The first-order valence-electron chi connectivity index (χ1n) is 6.75. The number of nitrogens with zero attached hydrogens (tertiary/aromatic N) is 1. The fraction of sp³-hybridized carbons (Fsp3) is 1.00. The Morgan fingerprint density at radius 2 is 1.88 bits per heavy atom. The minimum absolute atomic E-state index is 0.298. The molecule has 2 heteroatoms. The van der Waals surface area contributed by atoms with Crippen LogP contribution in [0.4, 0.5) is 0 Å². The van der Waals surface area contributed by atoms with E-state index in [4.69, 9.17) is 5.73 Å². The summed E-state index contributed by atoms with van der Waals surface area (Å²) in [6.07, 6.45) is 5.18. The van der Waals surface area contributed by atoms with Crippen LogP contribution in [0, 0.1) is 5.92 Å². The predicted octanol–water partition coefficient (Wildman–Crippen LogP) is 3.01. The molecule has 16 heavy (non-hydrogen) atoms. The maximum absolute atomic E-state index is 5.55. The number of nitrogens with two attached hydrogens (primary N) is 1. The van der Waals surface area contributed by atoms with E-state index in [0.29, 0.717) is 11.1 Å². The first-order chi connectivity index (χ1) is 7.27. The van der Waals surface area contributed by atoms with Crippen molar-refractivity contribution >= 4 is 0 Å². The highest BCUT2D eigenvalue weighted by Crippen LogP contribution is 2.39. The second-order valence-electron chi connectivity index (χ2n) is 6.95. The molecule has 2 nitrogen and oxygen atoms in total. The molecule has 0 amide bonds. The molecule has 0 aromatic heterocycles. The van der Waals surface area contributed by atoms with Gasteiger partial charge < -0.3 is 5.73 Å². The molecule has 1 saturated heterocycles. The number of rotatable bonds is 4. The monoisotopic (exact) mass is 226 g/mol. The zero-order chi connectivity index (χ0) is 12.4. The lowest BCUT2D eigenvalue weighted by molar-refractivity contribution is 0.0670. The molecule has 0 bridgehead atoms. The molecule has 1 unspecified atom stereocenters. The van der Waals surface area contributed by atoms with Crippen LogP contribution in [-0.2, 0) is 0 Å². The molecule has 0 aromatic carbocycles. The first-order valence-corrected chi connectivity index (χ1v) is 6.75. The summed E-state index contributed by atoms with van der Waals surface area (Å²) in [5.74, 6) is 0.876. The Hall–Kier alpha value is -0.0800. The minimum atomic E-state index is 0.298. The van der Waals surface area contributed by atoms with Crippen LogP contribution >= 0.6 is 0 Å².